The van der Waals surface area contributed by atoms with Gasteiger partial charge in [0.2, 0.25) is 5.91 Å². The zero-order chi connectivity index (χ0) is 11.3. The van der Waals surface area contributed by atoms with Gasteiger partial charge in [-0.3, -0.25) is 4.79 Å². The maximum Gasteiger partial charge on any atom is 0.239 e. The summed E-state index contributed by atoms with van der Waals surface area (Å²) in [5.74, 6) is 0.0445. The summed E-state index contributed by atoms with van der Waals surface area (Å²) in [4.78, 5) is 11.8. The molecule has 6 heteroatoms. The van der Waals surface area contributed by atoms with E-state index in [-0.39, 0.29) is 30.5 Å². The maximum atomic E-state index is 11.8. The quantitative estimate of drug-likeness (QED) is 0.786. The van der Waals surface area contributed by atoms with E-state index in [1.165, 1.54) is 0 Å². The van der Waals surface area contributed by atoms with Gasteiger partial charge >= 0.3 is 0 Å². The van der Waals surface area contributed by atoms with Crippen molar-refractivity contribution in [2.75, 3.05) is 26.0 Å². The summed E-state index contributed by atoms with van der Waals surface area (Å²) in [6, 6.07) is -0.201. The molecule has 1 saturated heterocycles. The number of nitrogens with one attached hydrogen (secondary N) is 2. The molecule has 1 aliphatic heterocycles. The lowest BCUT2D eigenvalue weighted by atomic mass is 10.1. The maximum absolute atomic E-state index is 11.8. The number of hydrogen-bond acceptors (Lipinski definition) is 4. The Morgan fingerprint density at radius 2 is 2.38 bits per heavy atom. The van der Waals surface area contributed by atoms with Crippen LogP contribution in [-0.2, 0) is 9.53 Å². The normalized spacial score (nSPS) is 26.7. The van der Waals surface area contributed by atoms with Crippen LogP contribution in [0.2, 0.25) is 0 Å². The molecule has 1 fully saturated rings. The van der Waals surface area contributed by atoms with E-state index in [2.05, 4.69) is 17.6 Å². The van der Waals surface area contributed by atoms with Crippen LogP contribution >= 0.6 is 24.2 Å². The van der Waals surface area contributed by atoms with Crippen LogP contribution in [0.1, 0.15) is 13.8 Å². The van der Waals surface area contributed by atoms with Crippen molar-refractivity contribution >= 4 is 30.1 Å². The zero-order valence-corrected chi connectivity index (χ0v) is 11.6. The van der Waals surface area contributed by atoms with Crippen molar-refractivity contribution in [3.63, 3.8) is 0 Å². The first kappa shape index (κ1) is 16.0. The van der Waals surface area contributed by atoms with Gasteiger partial charge in [0.15, 0.2) is 0 Å². The standard InChI is InChI=1S/C10H20N2O2S.ClH/c1-7(15-3)6-12-10(13)9-8(2)14-5-4-11-9;/h7-9,11H,4-6H2,1-3H3,(H,12,13);1H/t7?,8-,9+;/m1./s1. The average molecular weight is 269 g/mol. The highest BCUT2D eigenvalue weighted by atomic mass is 35.5. The van der Waals surface area contributed by atoms with Crippen molar-refractivity contribution in [2.24, 2.45) is 0 Å². The molecule has 1 heterocycles. The molecule has 1 unspecified atom stereocenters. The third-order valence-corrected chi connectivity index (χ3v) is 3.54. The van der Waals surface area contributed by atoms with Gasteiger partial charge in [-0.1, -0.05) is 6.92 Å². The highest BCUT2D eigenvalue weighted by Crippen LogP contribution is 2.06. The van der Waals surface area contributed by atoms with Gasteiger partial charge in [-0.05, 0) is 13.2 Å². The summed E-state index contributed by atoms with van der Waals surface area (Å²) in [5, 5.41) is 6.55. The number of amides is 1. The van der Waals surface area contributed by atoms with E-state index in [0.717, 1.165) is 6.54 Å². The largest absolute Gasteiger partial charge is 0.375 e. The number of carbonyl (C=O) groups is 1. The molecule has 16 heavy (non-hydrogen) atoms. The molecule has 3 atom stereocenters. The molecular formula is C10H21ClN2O2S. The number of morpholine rings is 1. The molecule has 4 nitrogen and oxygen atoms in total. The van der Waals surface area contributed by atoms with Crippen LogP contribution in [0.3, 0.4) is 0 Å². The minimum absolute atomic E-state index is 0. The second-order valence-corrected chi connectivity index (χ2v) is 5.08. The molecule has 0 aliphatic carbocycles. The van der Waals surface area contributed by atoms with Gasteiger partial charge in [0.25, 0.3) is 0 Å². The monoisotopic (exact) mass is 268 g/mol. The van der Waals surface area contributed by atoms with Crippen LogP contribution in [-0.4, -0.2) is 49.3 Å². The highest BCUT2D eigenvalue weighted by molar-refractivity contribution is 7.99. The Balaban J connectivity index is 0.00000225. The summed E-state index contributed by atoms with van der Waals surface area (Å²) in [6.45, 7) is 6.17. The second-order valence-electron chi connectivity index (χ2n) is 3.80. The predicted molar refractivity (Wildman–Crippen MR) is 70.4 cm³/mol. The van der Waals surface area contributed by atoms with E-state index >= 15 is 0 Å². The molecule has 96 valence electrons. The van der Waals surface area contributed by atoms with Gasteiger partial charge in [0, 0.05) is 18.3 Å². The first-order chi connectivity index (χ1) is 7.15. The van der Waals surface area contributed by atoms with Crippen molar-refractivity contribution in [2.45, 2.75) is 31.2 Å². The van der Waals surface area contributed by atoms with E-state index in [1.54, 1.807) is 11.8 Å². The molecule has 0 spiro atoms. The van der Waals surface area contributed by atoms with Crippen LogP contribution in [0.25, 0.3) is 0 Å². The smallest absolute Gasteiger partial charge is 0.239 e. The fourth-order valence-corrected chi connectivity index (χ4v) is 1.71. The Morgan fingerprint density at radius 3 is 2.94 bits per heavy atom. The predicted octanol–water partition coefficient (Wildman–Crippen LogP) is 0.653. The Bertz CT molecular complexity index is 219. The summed E-state index contributed by atoms with van der Waals surface area (Å²) in [6.07, 6.45) is 2.00. The Kier molecular flexibility index (Phi) is 8.18. The van der Waals surface area contributed by atoms with Crippen molar-refractivity contribution < 1.29 is 9.53 Å². The third-order valence-electron chi connectivity index (χ3n) is 2.57. The number of rotatable bonds is 4. The minimum atomic E-state index is -0.201. The van der Waals surface area contributed by atoms with Gasteiger partial charge < -0.3 is 15.4 Å². The molecule has 1 rings (SSSR count). The third kappa shape index (κ3) is 4.91. The summed E-state index contributed by atoms with van der Waals surface area (Å²) >= 11 is 1.75. The van der Waals surface area contributed by atoms with Gasteiger partial charge in [0.1, 0.15) is 6.04 Å². The number of hydrogen-bond donors (Lipinski definition) is 2. The van der Waals surface area contributed by atoms with Crippen LogP contribution in [0.5, 0.6) is 0 Å². The van der Waals surface area contributed by atoms with E-state index in [0.29, 0.717) is 18.4 Å². The molecule has 0 saturated carbocycles. The van der Waals surface area contributed by atoms with Crippen LogP contribution in [0.15, 0.2) is 0 Å². The lowest BCUT2D eigenvalue weighted by Gasteiger charge is -2.29. The minimum Gasteiger partial charge on any atom is -0.375 e. The number of ether oxygens (including phenoxy) is 1. The molecule has 1 aliphatic rings. The van der Waals surface area contributed by atoms with E-state index in [4.69, 9.17) is 4.74 Å². The zero-order valence-electron chi connectivity index (χ0n) is 9.99. The fraction of sp³-hybridized carbons (Fsp3) is 0.900. The Morgan fingerprint density at radius 1 is 1.69 bits per heavy atom. The van der Waals surface area contributed by atoms with Gasteiger partial charge in [-0.2, -0.15) is 11.8 Å². The highest BCUT2D eigenvalue weighted by Gasteiger charge is 2.27. The van der Waals surface area contributed by atoms with Crippen LogP contribution in [0, 0.1) is 0 Å². The second kappa shape index (κ2) is 8.17. The number of thioether (sulfide) groups is 1. The average Bonchev–Trinajstić information content (AvgIpc) is 2.26. The summed E-state index contributed by atoms with van der Waals surface area (Å²) in [5.41, 5.74) is 0. The molecule has 2 N–H and O–H groups in total. The number of carbonyl (C=O) groups excluding carboxylic acids is 1. The van der Waals surface area contributed by atoms with E-state index in [1.807, 2.05) is 13.2 Å². The van der Waals surface area contributed by atoms with E-state index in [9.17, 15) is 4.79 Å². The van der Waals surface area contributed by atoms with Crippen molar-refractivity contribution in [3.8, 4) is 0 Å². The van der Waals surface area contributed by atoms with Crippen molar-refractivity contribution in [1.82, 2.24) is 10.6 Å². The first-order valence-electron chi connectivity index (χ1n) is 5.30. The SMILES string of the molecule is CSC(C)CNC(=O)[C@H]1NCCO[C@@H]1C.Cl. The van der Waals surface area contributed by atoms with Gasteiger partial charge in [-0.25, -0.2) is 0 Å². The molecule has 0 bridgehead atoms. The van der Waals surface area contributed by atoms with E-state index < -0.39 is 0 Å². The summed E-state index contributed by atoms with van der Waals surface area (Å²) in [7, 11) is 0. The summed E-state index contributed by atoms with van der Waals surface area (Å²) < 4.78 is 5.42. The lowest BCUT2D eigenvalue weighted by molar-refractivity contribution is -0.128. The van der Waals surface area contributed by atoms with Gasteiger partial charge in [0.05, 0.1) is 12.7 Å². The first-order valence-corrected chi connectivity index (χ1v) is 6.59. The molecule has 0 aromatic carbocycles. The van der Waals surface area contributed by atoms with Gasteiger partial charge in [-0.15, -0.1) is 12.4 Å². The Hall–Kier alpha value is 0.0300. The molecule has 0 aromatic rings. The molecule has 0 aromatic heterocycles. The van der Waals surface area contributed by atoms with Crippen molar-refractivity contribution in [3.05, 3.63) is 0 Å². The Labute approximate surface area is 108 Å². The van der Waals surface area contributed by atoms with Crippen LogP contribution < -0.4 is 10.6 Å². The van der Waals surface area contributed by atoms with Crippen molar-refractivity contribution in [1.29, 1.82) is 0 Å². The van der Waals surface area contributed by atoms with Crippen LogP contribution in [0.4, 0.5) is 0 Å². The molecular weight excluding hydrogens is 248 g/mol. The number of halogens is 1. The topological polar surface area (TPSA) is 50.4 Å². The lowest BCUT2D eigenvalue weighted by Crippen LogP contribution is -2.56. The fourth-order valence-electron chi connectivity index (χ4n) is 1.46. The molecule has 0 radical (unpaired) electrons. The molecule has 1 amide bonds.